The molecule has 0 bridgehead atoms. The number of rotatable bonds is 4. The van der Waals surface area contributed by atoms with Crippen LogP contribution < -0.4 is 5.32 Å². The zero-order chi connectivity index (χ0) is 17.4. The van der Waals surface area contributed by atoms with Crippen LogP contribution in [0.15, 0.2) is 47.1 Å². The molecule has 5 nitrogen and oxygen atoms in total. The van der Waals surface area contributed by atoms with Gasteiger partial charge in [0.15, 0.2) is 0 Å². The van der Waals surface area contributed by atoms with E-state index in [-0.39, 0.29) is 22.4 Å². The molecule has 0 radical (unpaired) electrons. The standard InChI is InChI=1S/C16H10ClFN4OS2/c17-9-1-2-11(10(18)5-9)20-15(23)7-25-16-13-6-14-12(3-4-24-14)22(13)8-19-21-16/h1-6,8H,7H2,(H,20,23). The third-order valence-electron chi connectivity index (χ3n) is 3.54. The number of carbonyl (C=O) groups excluding carboxylic acids is 1. The number of nitrogens with one attached hydrogen (secondary N) is 1. The first-order valence-corrected chi connectivity index (χ1v) is 9.44. The Balaban J connectivity index is 1.51. The predicted octanol–water partition coefficient (Wildman–Crippen LogP) is 4.47. The van der Waals surface area contributed by atoms with Gasteiger partial charge in [0, 0.05) is 5.02 Å². The minimum Gasteiger partial charge on any atom is -0.323 e. The lowest BCUT2D eigenvalue weighted by atomic mass is 10.3. The minimum atomic E-state index is -0.570. The molecular weight excluding hydrogens is 383 g/mol. The van der Waals surface area contributed by atoms with Crippen LogP contribution in [0, 0.1) is 5.82 Å². The number of fused-ring (bicyclic) bond motifs is 3. The van der Waals surface area contributed by atoms with Crippen LogP contribution in [0.5, 0.6) is 0 Å². The fourth-order valence-electron chi connectivity index (χ4n) is 2.43. The van der Waals surface area contributed by atoms with E-state index in [4.69, 9.17) is 11.6 Å². The monoisotopic (exact) mass is 392 g/mol. The zero-order valence-corrected chi connectivity index (χ0v) is 15.0. The summed E-state index contributed by atoms with van der Waals surface area (Å²) in [7, 11) is 0. The number of halogens is 2. The SMILES string of the molecule is O=C(CSc1nncn2c1cc1sccc12)Nc1ccc(Cl)cc1F. The van der Waals surface area contributed by atoms with Crippen molar-refractivity contribution in [3.05, 3.63) is 52.9 Å². The lowest BCUT2D eigenvalue weighted by molar-refractivity contribution is -0.113. The second-order valence-electron chi connectivity index (χ2n) is 5.17. The van der Waals surface area contributed by atoms with Crippen LogP contribution in [0.1, 0.15) is 0 Å². The van der Waals surface area contributed by atoms with Crippen molar-refractivity contribution < 1.29 is 9.18 Å². The molecular formula is C16H10ClFN4OS2. The first kappa shape index (κ1) is 16.3. The molecule has 0 fully saturated rings. The average Bonchev–Trinajstić information content (AvgIpc) is 3.17. The van der Waals surface area contributed by atoms with Crippen LogP contribution in [-0.4, -0.2) is 26.3 Å². The number of amides is 1. The van der Waals surface area contributed by atoms with Crippen molar-refractivity contribution in [2.24, 2.45) is 0 Å². The maximum absolute atomic E-state index is 13.7. The Labute approximate surface area is 154 Å². The molecule has 1 amide bonds. The normalized spacial score (nSPS) is 11.3. The number of aromatic nitrogens is 3. The Morgan fingerprint density at radius 1 is 1.32 bits per heavy atom. The Kier molecular flexibility index (Phi) is 4.32. The molecule has 0 unspecified atom stereocenters. The Hall–Kier alpha value is -2.16. The number of thioether (sulfide) groups is 1. The minimum absolute atomic E-state index is 0.0925. The molecule has 0 atom stereocenters. The molecule has 25 heavy (non-hydrogen) atoms. The van der Waals surface area contributed by atoms with E-state index in [2.05, 4.69) is 15.5 Å². The first-order chi connectivity index (χ1) is 12.1. The Morgan fingerprint density at radius 2 is 2.20 bits per heavy atom. The van der Waals surface area contributed by atoms with Crippen LogP contribution >= 0.6 is 34.7 Å². The van der Waals surface area contributed by atoms with Crippen LogP contribution in [0.2, 0.25) is 5.02 Å². The summed E-state index contributed by atoms with van der Waals surface area (Å²) in [4.78, 5) is 12.1. The van der Waals surface area contributed by atoms with E-state index in [0.717, 1.165) is 21.8 Å². The van der Waals surface area contributed by atoms with Gasteiger partial charge >= 0.3 is 0 Å². The van der Waals surface area contributed by atoms with Crippen molar-refractivity contribution in [1.29, 1.82) is 0 Å². The molecule has 0 aliphatic heterocycles. The molecule has 9 heteroatoms. The van der Waals surface area contributed by atoms with Crippen molar-refractivity contribution in [3.63, 3.8) is 0 Å². The van der Waals surface area contributed by atoms with E-state index in [1.807, 2.05) is 21.9 Å². The number of carbonyl (C=O) groups is 1. The Bertz CT molecular complexity index is 1090. The van der Waals surface area contributed by atoms with E-state index in [9.17, 15) is 9.18 Å². The highest BCUT2D eigenvalue weighted by atomic mass is 35.5. The van der Waals surface area contributed by atoms with Crippen molar-refractivity contribution in [3.8, 4) is 0 Å². The summed E-state index contributed by atoms with van der Waals surface area (Å²) < 4.78 is 16.8. The van der Waals surface area contributed by atoms with Gasteiger partial charge < -0.3 is 5.32 Å². The molecule has 0 aliphatic rings. The van der Waals surface area contributed by atoms with Gasteiger partial charge in [-0.2, -0.15) is 0 Å². The predicted molar refractivity (Wildman–Crippen MR) is 99.1 cm³/mol. The van der Waals surface area contributed by atoms with E-state index in [1.54, 1.807) is 17.7 Å². The number of nitrogens with zero attached hydrogens (tertiary/aromatic N) is 3. The molecule has 0 spiro atoms. The summed E-state index contributed by atoms with van der Waals surface area (Å²) in [5, 5.41) is 13.6. The summed E-state index contributed by atoms with van der Waals surface area (Å²) in [6.07, 6.45) is 1.65. The van der Waals surface area contributed by atoms with Crippen LogP contribution in [-0.2, 0) is 4.79 Å². The van der Waals surface area contributed by atoms with Crippen molar-refractivity contribution in [2.45, 2.75) is 5.03 Å². The lowest BCUT2D eigenvalue weighted by Crippen LogP contribution is -2.15. The van der Waals surface area contributed by atoms with Gasteiger partial charge in [-0.15, -0.1) is 21.5 Å². The van der Waals surface area contributed by atoms with Crippen LogP contribution in [0.4, 0.5) is 10.1 Å². The molecule has 4 aromatic rings. The number of anilines is 1. The van der Waals surface area contributed by atoms with Gasteiger partial charge in [0.05, 0.1) is 27.2 Å². The average molecular weight is 393 g/mol. The third kappa shape index (κ3) is 3.20. The molecule has 4 rings (SSSR count). The number of benzene rings is 1. The summed E-state index contributed by atoms with van der Waals surface area (Å²) in [6, 6.07) is 8.14. The van der Waals surface area contributed by atoms with E-state index < -0.39 is 5.82 Å². The second kappa shape index (κ2) is 6.62. The molecule has 0 saturated carbocycles. The molecule has 0 aliphatic carbocycles. The smallest absolute Gasteiger partial charge is 0.234 e. The quantitative estimate of drug-likeness (QED) is 0.521. The van der Waals surface area contributed by atoms with Gasteiger partial charge in [-0.3, -0.25) is 9.20 Å². The van der Waals surface area contributed by atoms with E-state index >= 15 is 0 Å². The maximum Gasteiger partial charge on any atom is 0.234 e. The fraction of sp³-hybridized carbons (Fsp3) is 0.0625. The molecule has 0 saturated heterocycles. The molecule has 3 aromatic heterocycles. The summed E-state index contributed by atoms with van der Waals surface area (Å²) in [5.41, 5.74) is 2.05. The van der Waals surface area contributed by atoms with Gasteiger partial charge in [-0.25, -0.2) is 4.39 Å². The summed E-state index contributed by atoms with van der Waals surface area (Å²) in [6.45, 7) is 0. The number of thiophene rings is 1. The number of hydrogen-bond acceptors (Lipinski definition) is 5. The number of hydrogen-bond donors (Lipinski definition) is 1. The van der Waals surface area contributed by atoms with Gasteiger partial charge in [0.2, 0.25) is 5.91 Å². The third-order valence-corrected chi connectivity index (χ3v) is 5.60. The highest BCUT2D eigenvalue weighted by Crippen LogP contribution is 2.29. The highest BCUT2D eigenvalue weighted by molar-refractivity contribution is 8.00. The fourth-order valence-corrected chi connectivity index (χ4v) is 4.15. The van der Waals surface area contributed by atoms with Crippen LogP contribution in [0.3, 0.4) is 0 Å². The molecule has 1 aromatic carbocycles. The second-order valence-corrected chi connectivity index (χ2v) is 7.51. The highest BCUT2D eigenvalue weighted by Gasteiger charge is 2.13. The van der Waals surface area contributed by atoms with Gasteiger partial charge in [-0.05, 0) is 35.7 Å². The molecule has 1 N–H and O–H groups in total. The summed E-state index contributed by atoms with van der Waals surface area (Å²) in [5.74, 6) is -0.808. The van der Waals surface area contributed by atoms with Gasteiger partial charge in [-0.1, -0.05) is 23.4 Å². The summed E-state index contributed by atoms with van der Waals surface area (Å²) >= 11 is 8.59. The van der Waals surface area contributed by atoms with Gasteiger partial charge in [0.25, 0.3) is 0 Å². The Morgan fingerprint density at radius 3 is 3.04 bits per heavy atom. The zero-order valence-electron chi connectivity index (χ0n) is 12.6. The van der Waals surface area contributed by atoms with Crippen molar-refractivity contribution >= 4 is 62.0 Å². The van der Waals surface area contributed by atoms with Crippen LogP contribution in [0.25, 0.3) is 15.7 Å². The largest absolute Gasteiger partial charge is 0.323 e. The maximum atomic E-state index is 13.7. The lowest BCUT2D eigenvalue weighted by Gasteiger charge is -2.07. The van der Waals surface area contributed by atoms with Crippen molar-refractivity contribution in [2.75, 3.05) is 11.1 Å². The molecule has 3 heterocycles. The van der Waals surface area contributed by atoms with E-state index in [1.165, 1.54) is 23.9 Å². The topological polar surface area (TPSA) is 59.3 Å². The van der Waals surface area contributed by atoms with E-state index in [0.29, 0.717) is 5.03 Å². The van der Waals surface area contributed by atoms with Gasteiger partial charge in [0.1, 0.15) is 17.2 Å². The first-order valence-electron chi connectivity index (χ1n) is 7.19. The van der Waals surface area contributed by atoms with Crippen molar-refractivity contribution in [1.82, 2.24) is 14.6 Å². The molecule has 126 valence electrons.